The van der Waals surface area contributed by atoms with Gasteiger partial charge in [-0.05, 0) is 61.7 Å². The van der Waals surface area contributed by atoms with Crippen LogP contribution in [-0.2, 0) is 4.79 Å². The number of hydrogen-bond acceptors (Lipinski definition) is 5. The molecule has 0 aliphatic carbocycles. The van der Waals surface area contributed by atoms with Gasteiger partial charge in [0, 0.05) is 30.2 Å². The van der Waals surface area contributed by atoms with E-state index in [9.17, 15) is 14.0 Å². The Morgan fingerprint density at radius 3 is 2.70 bits per heavy atom. The fourth-order valence-electron chi connectivity index (χ4n) is 3.90. The Morgan fingerprint density at radius 1 is 1.21 bits per heavy atom. The Labute approximate surface area is 195 Å². The van der Waals surface area contributed by atoms with Crippen LogP contribution >= 0.6 is 11.6 Å². The maximum Gasteiger partial charge on any atom is 0.271 e. The van der Waals surface area contributed by atoms with Gasteiger partial charge in [0.05, 0.1) is 24.4 Å². The summed E-state index contributed by atoms with van der Waals surface area (Å²) in [4.78, 5) is 27.4. The number of nitrogens with one attached hydrogen (secondary N) is 1. The summed E-state index contributed by atoms with van der Waals surface area (Å²) in [5, 5.41) is 7.99. The summed E-state index contributed by atoms with van der Waals surface area (Å²) < 4.78 is 19.9. The van der Waals surface area contributed by atoms with Crippen LogP contribution in [0.15, 0.2) is 53.3 Å². The average Bonchev–Trinajstić information content (AvgIpc) is 2.82. The fraction of sp³-hybridized carbons (Fsp3) is 0.292. The molecule has 2 aromatic carbocycles. The Morgan fingerprint density at radius 2 is 1.97 bits per heavy atom. The van der Waals surface area contributed by atoms with Gasteiger partial charge in [0.15, 0.2) is 0 Å². The number of ether oxygens (including phenoxy) is 1. The minimum absolute atomic E-state index is 0.119. The number of piperidine rings is 1. The summed E-state index contributed by atoms with van der Waals surface area (Å²) in [6, 6.07) is 12.1. The van der Waals surface area contributed by atoms with Crippen LogP contribution in [0, 0.1) is 18.7 Å². The molecule has 1 amide bonds. The molecular formula is C24H24ClFN4O3. The van der Waals surface area contributed by atoms with Gasteiger partial charge in [0.25, 0.3) is 5.56 Å². The van der Waals surface area contributed by atoms with Gasteiger partial charge in [-0.2, -0.15) is 4.68 Å². The van der Waals surface area contributed by atoms with Crippen LogP contribution in [0.3, 0.4) is 0 Å². The first-order valence-corrected chi connectivity index (χ1v) is 11.0. The summed E-state index contributed by atoms with van der Waals surface area (Å²) >= 11 is 6.16. The highest BCUT2D eigenvalue weighted by Crippen LogP contribution is 2.32. The highest BCUT2D eigenvalue weighted by molar-refractivity contribution is 6.31. The first-order chi connectivity index (χ1) is 15.9. The van der Waals surface area contributed by atoms with Gasteiger partial charge < -0.3 is 15.0 Å². The van der Waals surface area contributed by atoms with Crippen molar-refractivity contribution in [1.29, 1.82) is 0 Å². The Kier molecular flexibility index (Phi) is 6.65. The van der Waals surface area contributed by atoms with Crippen molar-refractivity contribution < 1.29 is 13.9 Å². The molecule has 0 saturated carbocycles. The van der Waals surface area contributed by atoms with E-state index >= 15 is 0 Å². The SMILES string of the molecule is COc1cc(Cl)c(C)cc1NC(=O)C1CCCN(c2ccc(=O)n(-c3ccc(F)cc3)n2)C1. The van der Waals surface area contributed by atoms with E-state index in [0.717, 1.165) is 18.4 Å². The summed E-state index contributed by atoms with van der Waals surface area (Å²) in [5.41, 5.74) is 1.57. The second kappa shape index (κ2) is 9.62. The third-order valence-electron chi connectivity index (χ3n) is 5.71. The lowest BCUT2D eigenvalue weighted by Gasteiger charge is -2.33. The normalized spacial score (nSPS) is 15.9. The van der Waals surface area contributed by atoms with E-state index in [2.05, 4.69) is 10.4 Å². The number of carbonyl (C=O) groups is 1. The van der Waals surface area contributed by atoms with Crippen LogP contribution in [0.25, 0.3) is 5.69 Å². The van der Waals surface area contributed by atoms with Crippen molar-refractivity contribution in [2.24, 2.45) is 5.92 Å². The van der Waals surface area contributed by atoms with E-state index in [1.165, 1.54) is 42.1 Å². The van der Waals surface area contributed by atoms with Crippen molar-refractivity contribution >= 4 is 29.0 Å². The molecule has 172 valence electrons. The van der Waals surface area contributed by atoms with Crippen molar-refractivity contribution in [1.82, 2.24) is 9.78 Å². The van der Waals surface area contributed by atoms with Crippen molar-refractivity contribution in [2.75, 3.05) is 30.4 Å². The molecule has 2 heterocycles. The zero-order valence-electron chi connectivity index (χ0n) is 18.3. The lowest BCUT2D eigenvalue weighted by atomic mass is 9.97. The van der Waals surface area contributed by atoms with Crippen LogP contribution in [0.2, 0.25) is 5.02 Å². The molecule has 1 aromatic heterocycles. The number of halogens is 2. The zero-order valence-corrected chi connectivity index (χ0v) is 19.1. The lowest BCUT2D eigenvalue weighted by Crippen LogP contribution is -2.41. The van der Waals surface area contributed by atoms with Gasteiger partial charge in [0.2, 0.25) is 5.91 Å². The summed E-state index contributed by atoms with van der Waals surface area (Å²) in [7, 11) is 1.53. The summed E-state index contributed by atoms with van der Waals surface area (Å²) in [6.45, 7) is 3.03. The minimum Gasteiger partial charge on any atom is -0.495 e. The molecule has 1 fully saturated rings. The highest BCUT2D eigenvalue weighted by Gasteiger charge is 2.27. The number of aryl methyl sites for hydroxylation is 1. The van der Waals surface area contributed by atoms with Crippen molar-refractivity contribution in [2.45, 2.75) is 19.8 Å². The third-order valence-corrected chi connectivity index (χ3v) is 6.12. The number of benzene rings is 2. The molecular weight excluding hydrogens is 447 g/mol. The number of aromatic nitrogens is 2. The van der Waals surface area contributed by atoms with Gasteiger partial charge in [-0.25, -0.2) is 4.39 Å². The third kappa shape index (κ3) is 5.01. The van der Waals surface area contributed by atoms with E-state index in [1.807, 2.05) is 11.8 Å². The molecule has 1 aliphatic heterocycles. The van der Waals surface area contributed by atoms with Gasteiger partial charge in [0.1, 0.15) is 17.4 Å². The number of nitrogens with zero attached hydrogens (tertiary/aromatic N) is 3. The second-order valence-corrected chi connectivity index (χ2v) is 8.40. The molecule has 0 spiro atoms. The lowest BCUT2D eigenvalue weighted by molar-refractivity contribution is -0.120. The molecule has 3 aromatic rings. The maximum absolute atomic E-state index is 13.3. The van der Waals surface area contributed by atoms with Crippen LogP contribution in [0.4, 0.5) is 15.9 Å². The van der Waals surface area contributed by atoms with Crippen LogP contribution in [0.5, 0.6) is 5.75 Å². The summed E-state index contributed by atoms with van der Waals surface area (Å²) in [5.74, 6) is 0.301. The summed E-state index contributed by atoms with van der Waals surface area (Å²) in [6.07, 6.45) is 1.53. The smallest absolute Gasteiger partial charge is 0.271 e. The van der Waals surface area contributed by atoms with Crippen molar-refractivity contribution in [3.05, 3.63) is 75.3 Å². The standard InChI is InChI=1S/C24H24ClFN4O3/c1-15-12-20(21(33-2)13-19(15)25)27-24(32)16-4-3-11-29(14-16)22-9-10-23(31)30(28-22)18-7-5-17(26)6-8-18/h5-10,12-13,16H,3-4,11,14H2,1-2H3,(H,27,32). The number of anilines is 2. The van der Waals surface area contributed by atoms with Crippen LogP contribution < -0.4 is 20.5 Å². The number of hydrogen-bond donors (Lipinski definition) is 1. The van der Waals surface area contributed by atoms with Crippen LogP contribution in [0.1, 0.15) is 18.4 Å². The Hall–Kier alpha value is -3.39. The Balaban J connectivity index is 1.53. The molecule has 4 rings (SSSR count). The molecule has 7 nitrogen and oxygen atoms in total. The van der Waals surface area contributed by atoms with E-state index < -0.39 is 0 Å². The van der Waals surface area contributed by atoms with E-state index in [-0.39, 0.29) is 23.2 Å². The largest absolute Gasteiger partial charge is 0.495 e. The van der Waals surface area contributed by atoms with Crippen LogP contribution in [-0.4, -0.2) is 35.9 Å². The van der Waals surface area contributed by atoms with E-state index in [1.54, 1.807) is 18.2 Å². The van der Waals surface area contributed by atoms with Gasteiger partial charge >= 0.3 is 0 Å². The molecule has 1 saturated heterocycles. The first kappa shape index (κ1) is 22.8. The van der Waals surface area contributed by atoms with Crippen molar-refractivity contribution in [3.8, 4) is 11.4 Å². The molecule has 1 aliphatic rings. The van der Waals surface area contributed by atoms with E-state index in [4.69, 9.17) is 16.3 Å². The molecule has 1 atom stereocenters. The number of methoxy groups -OCH3 is 1. The first-order valence-electron chi connectivity index (χ1n) is 10.6. The topological polar surface area (TPSA) is 76.5 Å². The number of carbonyl (C=O) groups excluding carboxylic acids is 1. The predicted octanol–water partition coefficient (Wildman–Crippen LogP) is 4.20. The number of rotatable bonds is 5. The van der Waals surface area contributed by atoms with Gasteiger partial charge in [-0.3, -0.25) is 9.59 Å². The monoisotopic (exact) mass is 470 g/mol. The van der Waals surface area contributed by atoms with Crippen molar-refractivity contribution in [3.63, 3.8) is 0 Å². The second-order valence-electron chi connectivity index (χ2n) is 7.99. The molecule has 0 bridgehead atoms. The predicted molar refractivity (Wildman–Crippen MR) is 126 cm³/mol. The zero-order chi connectivity index (χ0) is 23.5. The highest BCUT2D eigenvalue weighted by atomic mass is 35.5. The van der Waals surface area contributed by atoms with E-state index in [0.29, 0.717) is 41.1 Å². The van der Waals surface area contributed by atoms with Gasteiger partial charge in [-0.1, -0.05) is 11.6 Å². The Bertz CT molecular complexity index is 1230. The molecule has 1 unspecified atom stereocenters. The maximum atomic E-state index is 13.3. The average molecular weight is 471 g/mol. The molecule has 0 radical (unpaired) electrons. The quantitative estimate of drug-likeness (QED) is 0.605. The molecule has 9 heteroatoms. The number of amides is 1. The van der Waals surface area contributed by atoms with Gasteiger partial charge in [-0.15, -0.1) is 5.10 Å². The molecule has 1 N–H and O–H groups in total. The fourth-order valence-corrected chi connectivity index (χ4v) is 4.05. The molecule has 33 heavy (non-hydrogen) atoms. The minimum atomic E-state index is -0.389.